The van der Waals surface area contributed by atoms with E-state index in [1.807, 2.05) is 4.57 Å². The number of rotatable bonds is 5. The van der Waals surface area contributed by atoms with Gasteiger partial charge in [0.15, 0.2) is 5.82 Å². The highest BCUT2D eigenvalue weighted by molar-refractivity contribution is 6.30. The summed E-state index contributed by atoms with van der Waals surface area (Å²) in [5.74, 6) is -0.757. The van der Waals surface area contributed by atoms with E-state index < -0.39 is 11.6 Å². The van der Waals surface area contributed by atoms with Gasteiger partial charge in [0.2, 0.25) is 0 Å². The number of carbonyl (C=O) groups excluding carboxylic acids is 1. The van der Waals surface area contributed by atoms with Crippen molar-refractivity contribution in [2.24, 2.45) is 11.8 Å². The molecule has 4 atom stereocenters. The first-order chi connectivity index (χ1) is 14.4. The molecule has 1 N–H and O–H groups in total. The Bertz CT molecular complexity index is 1070. The van der Waals surface area contributed by atoms with E-state index in [1.165, 1.54) is 6.07 Å². The first kappa shape index (κ1) is 20.8. The van der Waals surface area contributed by atoms with Crippen LogP contribution in [0.1, 0.15) is 49.5 Å². The lowest BCUT2D eigenvalue weighted by Crippen LogP contribution is -2.41. The van der Waals surface area contributed by atoms with Crippen molar-refractivity contribution in [1.29, 1.82) is 0 Å². The monoisotopic (exact) mass is 431 g/mol. The van der Waals surface area contributed by atoms with Crippen molar-refractivity contribution >= 4 is 28.5 Å². The summed E-state index contributed by atoms with van der Waals surface area (Å²) in [5.41, 5.74) is 1.24. The molecule has 1 aliphatic carbocycles. The molecule has 1 heterocycles. The maximum atomic E-state index is 14.4. The van der Waals surface area contributed by atoms with Crippen LogP contribution in [0, 0.1) is 23.5 Å². The Balaban J connectivity index is 1.53. The molecule has 30 heavy (non-hydrogen) atoms. The van der Waals surface area contributed by atoms with Gasteiger partial charge in [0.1, 0.15) is 11.3 Å². The third-order valence-electron chi connectivity index (χ3n) is 6.28. The number of aromatic nitrogens is 2. The lowest BCUT2D eigenvalue weighted by molar-refractivity contribution is 0.0913. The molecule has 1 unspecified atom stereocenters. The highest BCUT2D eigenvalue weighted by Crippen LogP contribution is 2.43. The van der Waals surface area contributed by atoms with Gasteiger partial charge in [-0.2, -0.15) is 0 Å². The molecule has 0 saturated heterocycles. The van der Waals surface area contributed by atoms with E-state index in [0.29, 0.717) is 27.5 Å². The average molecular weight is 432 g/mol. The van der Waals surface area contributed by atoms with Crippen LogP contribution in [0.25, 0.3) is 11.0 Å². The van der Waals surface area contributed by atoms with Gasteiger partial charge in [0.05, 0.1) is 11.8 Å². The van der Waals surface area contributed by atoms with Crippen molar-refractivity contribution in [3.05, 3.63) is 64.9 Å². The molecule has 1 fully saturated rings. The van der Waals surface area contributed by atoms with Crippen molar-refractivity contribution in [3.63, 3.8) is 0 Å². The van der Waals surface area contributed by atoms with Crippen molar-refractivity contribution in [3.8, 4) is 0 Å². The molecule has 2 aromatic carbocycles. The number of carbonyl (C=O) groups is 1. The van der Waals surface area contributed by atoms with Crippen LogP contribution in [0.3, 0.4) is 0 Å². The van der Waals surface area contributed by atoms with Crippen LogP contribution in [-0.4, -0.2) is 21.5 Å². The molecule has 7 heteroatoms. The highest BCUT2D eigenvalue weighted by atomic mass is 35.5. The van der Waals surface area contributed by atoms with Crippen LogP contribution < -0.4 is 5.32 Å². The summed E-state index contributed by atoms with van der Waals surface area (Å²) in [6, 6.07) is 9.04. The van der Waals surface area contributed by atoms with Gasteiger partial charge in [-0.05, 0) is 55.4 Å². The van der Waals surface area contributed by atoms with Gasteiger partial charge >= 0.3 is 0 Å². The average Bonchev–Trinajstić information content (AvgIpc) is 3.30. The van der Waals surface area contributed by atoms with Gasteiger partial charge in [-0.1, -0.05) is 25.4 Å². The van der Waals surface area contributed by atoms with Crippen molar-refractivity contribution in [1.82, 2.24) is 14.9 Å². The zero-order chi connectivity index (χ0) is 21.4. The number of nitrogens with one attached hydrogen (secondary N) is 1. The fraction of sp³-hybridized carbons (Fsp3) is 0.391. The number of hydrogen-bond acceptors (Lipinski definition) is 2. The molecular formula is C23H24ClF2N3O. The first-order valence-electron chi connectivity index (χ1n) is 10.2. The van der Waals surface area contributed by atoms with Crippen molar-refractivity contribution in [2.75, 3.05) is 0 Å². The van der Waals surface area contributed by atoms with Gasteiger partial charge in [-0.3, -0.25) is 4.79 Å². The second kappa shape index (κ2) is 8.34. The lowest BCUT2D eigenvalue weighted by Gasteiger charge is -2.27. The lowest BCUT2D eigenvalue weighted by atomic mass is 9.88. The van der Waals surface area contributed by atoms with E-state index in [1.54, 1.807) is 30.6 Å². The Labute approximate surface area is 179 Å². The predicted molar refractivity (Wildman–Crippen MR) is 114 cm³/mol. The topological polar surface area (TPSA) is 46.9 Å². The molecule has 1 saturated carbocycles. The largest absolute Gasteiger partial charge is 0.349 e. The molecule has 4 rings (SSSR count). The SMILES string of the molecule is CCC(NC(=O)c1ccc(Cl)cc1)[C@@H]1C[C@H](n2cnc3cc(F)cc(F)c32)C[C@@H]1C. The van der Waals surface area contributed by atoms with Crippen LogP contribution in [0.4, 0.5) is 8.78 Å². The molecule has 1 amide bonds. The molecule has 0 bridgehead atoms. The predicted octanol–water partition coefficient (Wildman–Crippen LogP) is 5.76. The second-order valence-corrected chi connectivity index (χ2v) is 8.61. The van der Waals surface area contributed by atoms with Gasteiger partial charge < -0.3 is 9.88 Å². The normalized spacial score (nSPS) is 22.4. The third kappa shape index (κ3) is 3.93. The zero-order valence-corrected chi connectivity index (χ0v) is 17.7. The molecule has 0 aliphatic heterocycles. The number of nitrogens with zero attached hydrogens (tertiary/aromatic N) is 2. The number of halogens is 3. The fourth-order valence-electron chi connectivity index (χ4n) is 4.76. The number of hydrogen-bond donors (Lipinski definition) is 1. The van der Waals surface area contributed by atoms with E-state index >= 15 is 0 Å². The van der Waals surface area contributed by atoms with Gasteiger partial charge in [0.25, 0.3) is 5.91 Å². The standard InChI is InChI=1S/C23H24ClF2N3O/c1-3-20(28-23(30)14-4-6-15(24)7-5-14)18-11-17(8-13(18)2)29-12-27-21-10-16(25)9-19(26)22(21)29/h4-7,9-10,12-13,17-18,20H,3,8,11H2,1-2H3,(H,28,30)/t13-,17+,18+,20?/m0/s1. The maximum absolute atomic E-state index is 14.4. The van der Waals surface area contributed by atoms with Crippen LogP contribution >= 0.6 is 11.6 Å². The minimum absolute atomic E-state index is 0.00487. The Morgan fingerprint density at radius 2 is 2.00 bits per heavy atom. The maximum Gasteiger partial charge on any atom is 0.251 e. The summed E-state index contributed by atoms with van der Waals surface area (Å²) in [6.45, 7) is 4.22. The smallest absolute Gasteiger partial charge is 0.251 e. The van der Waals surface area contributed by atoms with E-state index in [2.05, 4.69) is 24.1 Å². The second-order valence-electron chi connectivity index (χ2n) is 8.17. The van der Waals surface area contributed by atoms with E-state index in [0.717, 1.165) is 25.3 Å². The van der Waals surface area contributed by atoms with Crippen LogP contribution in [-0.2, 0) is 0 Å². The molecule has 3 aromatic rings. The van der Waals surface area contributed by atoms with Crippen molar-refractivity contribution < 1.29 is 13.6 Å². The third-order valence-corrected chi connectivity index (χ3v) is 6.53. The van der Waals surface area contributed by atoms with Gasteiger partial charge in [-0.15, -0.1) is 0 Å². The number of benzene rings is 2. The van der Waals surface area contributed by atoms with E-state index in [-0.39, 0.29) is 23.9 Å². The number of fused-ring (bicyclic) bond motifs is 1. The Morgan fingerprint density at radius 1 is 1.27 bits per heavy atom. The summed E-state index contributed by atoms with van der Waals surface area (Å²) >= 11 is 5.91. The zero-order valence-electron chi connectivity index (χ0n) is 16.9. The van der Waals surface area contributed by atoms with Crippen molar-refractivity contribution in [2.45, 2.75) is 45.2 Å². The fourth-order valence-corrected chi connectivity index (χ4v) is 4.89. The summed E-state index contributed by atoms with van der Waals surface area (Å²) in [7, 11) is 0. The molecule has 0 radical (unpaired) electrons. The molecule has 158 valence electrons. The van der Waals surface area contributed by atoms with Crippen LogP contribution in [0.5, 0.6) is 0 Å². The van der Waals surface area contributed by atoms with Gasteiger partial charge in [-0.25, -0.2) is 13.8 Å². The van der Waals surface area contributed by atoms with Gasteiger partial charge in [0, 0.05) is 34.8 Å². The molecule has 0 spiro atoms. The highest BCUT2D eigenvalue weighted by Gasteiger charge is 2.38. The van der Waals surface area contributed by atoms with Crippen LogP contribution in [0.15, 0.2) is 42.7 Å². The minimum Gasteiger partial charge on any atom is -0.349 e. The van der Waals surface area contributed by atoms with E-state index in [9.17, 15) is 13.6 Å². The first-order valence-corrected chi connectivity index (χ1v) is 10.6. The number of imidazole rings is 1. The number of amides is 1. The Hall–Kier alpha value is -2.47. The van der Waals surface area contributed by atoms with E-state index in [4.69, 9.17) is 11.6 Å². The quantitative estimate of drug-likeness (QED) is 0.558. The Morgan fingerprint density at radius 3 is 2.70 bits per heavy atom. The summed E-state index contributed by atoms with van der Waals surface area (Å²) in [6.07, 6.45) is 4.04. The molecule has 4 nitrogen and oxygen atoms in total. The molecular weight excluding hydrogens is 408 g/mol. The molecule has 1 aromatic heterocycles. The molecule has 1 aliphatic rings. The Kier molecular flexibility index (Phi) is 5.78. The minimum atomic E-state index is -0.626. The summed E-state index contributed by atoms with van der Waals surface area (Å²) in [5, 5.41) is 3.75. The summed E-state index contributed by atoms with van der Waals surface area (Å²) in [4.78, 5) is 16.9. The van der Waals surface area contributed by atoms with Crippen LogP contribution in [0.2, 0.25) is 5.02 Å². The summed E-state index contributed by atoms with van der Waals surface area (Å²) < 4.78 is 29.8.